The van der Waals surface area contributed by atoms with Crippen molar-refractivity contribution in [3.05, 3.63) is 71.8 Å². The number of hydrogen-bond acceptors (Lipinski definition) is 3. The summed E-state index contributed by atoms with van der Waals surface area (Å²) in [7, 11) is 0. The number of piperidine rings is 1. The van der Waals surface area contributed by atoms with E-state index in [1.54, 1.807) is 0 Å². The van der Waals surface area contributed by atoms with Crippen molar-refractivity contribution in [1.29, 1.82) is 0 Å². The third-order valence-electron chi connectivity index (χ3n) is 6.96. The second-order valence-electron chi connectivity index (χ2n) is 9.59. The fraction of sp³-hybridized carbons (Fsp3) is 0.536. The molecule has 0 aliphatic carbocycles. The quantitative estimate of drug-likeness (QED) is 0.454. The van der Waals surface area contributed by atoms with E-state index in [2.05, 4.69) is 88.0 Å². The molecule has 2 aliphatic rings. The number of benzene rings is 2. The number of aliphatic imine (C=N–C) groups is 1. The maximum Gasteiger partial charge on any atom is 0.191 e. The summed E-state index contributed by atoms with van der Waals surface area (Å²) in [4.78, 5) is 10.2. The number of rotatable bonds is 9. The highest BCUT2D eigenvalue weighted by molar-refractivity contribution is 5.80. The molecule has 2 aromatic rings. The van der Waals surface area contributed by atoms with E-state index >= 15 is 0 Å². The summed E-state index contributed by atoms with van der Waals surface area (Å²) < 4.78 is 0. The predicted molar refractivity (Wildman–Crippen MR) is 139 cm³/mol. The third-order valence-corrected chi connectivity index (χ3v) is 6.96. The van der Waals surface area contributed by atoms with Gasteiger partial charge in [0.2, 0.25) is 0 Å². The van der Waals surface area contributed by atoms with Crippen molar-refractivity contribution >= 4 is 5.96 Å². The van der Waals surface area contributed by atoms with Crippen LogP contribution in [0.2, 0.25) is 0 Å². The summed E-state index contributed by atoms with van der Waals surface area (Å²) in [6.45, 7) is 10.9. The van der Waals surface area contributed by atoms with E-state index in [9.17, 15) is 0 Å². The van der Waals surface area contributed by atoms with Crippen molar-refractivity contribution in [3.8, 4) is 0 Å². The molecule has 178 valence electrons. The van der Waals surface area contributed by atoms with Gasteiger partial charge in [-0.25, -0.2) is 0 Å². The highest BCUT2D eigenvalue weighted by Crippen LogP contribution is 2.18. The van der Waals surface area contributed by atoms with Crippen molar-refractivity contribution in [2.75, 3.05) is 45.8 Å². The lowest BCUT2D eigenvalue weighted by Gasteiger charge is -2.33. The van der Waals surface area contributed by atoms with Crippen LogP contribution in [0.15, 0.2) is 65.7 Å². The van der Waals surface area contributed by atoms with Crippen molar-refractivity contribution < 1.29 is 0 Å². The first-order chi connectivity index (χ1) is 16.3. The molecule has 1 atom stereocenters. The van der Waals surface area contributed by atoms with Crippen LogP contribution >= 0.6 is 0 Å². The molecule has 5 nitrogen and oxygen atoms in total. The Morgan fingerprint density at radius 1 is 0.879 bits per heavy atom. The summed E-state index contributed by atoms with van der Waals surface area (Å²) in [6, 6.07) is 22.2. The summed E-state index contributed by atoms with van der Waals surface area (Å²) in [5, 5.41) is 7.20. The first-order valence-electron chi connectivity index (χ1n) is 12.9. The molecule has 2 aromatic carbocycles. The van der Waals surface area contributed by atoms with Gasteiger partial charge in [0, 0.05) is 51.9 Å². The van der Waals surface area contributed by atoms with Gasteiger partial charge in [0.25, 0.3) is 0 Å². The van der Waals surface area contributed by atoms with Crippen LogP contribution in [0.5, 0.6) is 0 Å². The van der Waals surface area contributed by atoms with Gasteiger partial charge in [-0.15, -0.1) is 0 Å². The van der Waals surface area contributed by atoms with Crippen LogP contribution in [-0.2, 0) is 13.0 Å². The Balaban J connectivity index is 1.18. The Bertz CT molecular complexity index is 830. The van der Waals surface area contributed by atoms with Gasteiger partial charge in [0.05, 0.1) is 0 Å². The van der Waals surface area contributed by atoms with Gasteiger partial charge in [-0.3, -0.25) is 9.89 Å². The largest absolute Gasteiger partial charge is 0.357 e. The number of guanidine groups is 1. The molecule has 2 N–H and O–H groups in total. The van der Waals surface area contributed by atoms with E-state index in [1.165, 1.54) is 43.5 Å². The Morgan fingerprint density at radius 2 is 1.55 bits per heavy atom. The van der Waals surface area contributed by atoms with Gasteiger partial charge in [0.15, 0.2) is 5.96 Å². The molecule has 33 heavy (non-hydrogen) atoms. The molecule has 2 fully saturated rings. The molecule has 5 heteroatoms. The molecule has 2 heterocycles. The van der Waals surface area contributed by atoms with Gasteiger partial charge >= 0.3 is 0 Å². The minimum Gasteiger partial charge on any atom is -0.357 e. The topological polar surface area (TPSA) is 42.9 Å². The van der Waals surface area contributed by atoms with Crippen molar-refractivity contribution in [2.45, 2.75) is 45.2 Å². The third kappa shape index (κ3) is 7.86. The Labute approximate surface area is 200 Å². The van der Waals surface area contributed by atoms with E-state index in [0.717, 1.165) is 51.6 Å². The average molecular weight is 448 g/mol. The van der Waals surface area contributed by atoms with Gasteiger partial charge in [-0.2, -0.15) is 0 Å². The number of likely N-dealkylation sites (tertiary alicyclic amines) is 2. The average Bonchev–Trinajstić information content (AvgIpc) is 3.32. The molecule has 1 unspecified atom stereocenters. The molecule has 0 saturated carbocycles. The van der Waals surface area contributed by atoms with Crippen LogP contribution in [0.3, 0.4) is 0 Å². The lowest BCUT2D eigenvalue weighted by Crippen LogP contribution is -2.48. The van der Waals surface area contributed by atoms with E-state index < -0.39 is 0 Å². The van der Waals surface area contributed by atoms with Crippen molar-refractivity contribution in [3.63, 3.8) is 0 Å². The normalized spacial score (nSPS) is 20.8. The maximum absolute atomic E-state index is 4.98. The number of hydrogen-bond donors (Lipinski definition) is 2. The van der Waals surface area contributed by atoms with Crippen molar-refractivity contribution in [2.24, 2.45) is 10.9 Å². The fourth-order valence-electron chi connectivity index (χ4n) is 5.01. The standard InChI is InChI=1S/C28H41N5/c1-2-29-28(31-27-15-19-33(20-16-27)22-25-11-7-4-8-12-25)30-21-26-14-18-32(23-26)17-13-24-9-5-3-6-10-24/h3-12,26-27H,2,13-23H2,1H3,(H2,29,30,31). The molecule has 2 saturated heterocycles. The maximum atomic E-state index is 4.98. The lowest BCUT2D eigenvalue weighted by molar-refractivity contribution is 0.198. The highest BCUT2D eigenvalue weighted by atomic mass is 15.2. The molecule has 0 aromatic heterocycles. The molecular formula is C28H41N5. The highest BCUT2D eigenvalue weighted by Gasteiger charge is 2.23. The van der Waals surface area contributed by atoms with Crippen LogP contribution in [0, 0.1) is 5.92 Å². The minimum absolute atomic E-state index is 0.515. The molecule has 0 radical (unpaired) electrons. The van der Waals surface area contributed by atoms with E-state index in [1.807, 2.05) is 0 Å². The van der Waals surface area contributed by atoms with Gasteiger partial charge in [0.1, 0.15) is 0 Å². The molecule has 0 bridgehead atoms. The smallest absolute Gasteiger partial charge is 0.191 e. The zero-order valence-electron chi connectivity index (χ0n) is 20.3. The van der Waals surface area contributed by atoms with Gasteiger partial charge < -0.3 is 15.5 Å². The van der Waals surface area contributed by atoms with Crippen LogP contribution < -0.4 is 10.6 Å². The Hall–Kier alpha value is -2.37. The van der Waals surface area contributed by atoms with E-state index in [0.29, 0.717) is 12.0 Å². The molecular weight excluding hydrogens is 406 g/mol. The molecule has 0 amide bonds. The van der Waals surface area contributed by atoms with Crippen LogP contribution in [0.1, 0.15) is 37.3 Å². The second kappa shape index (κ2) is 12.8. The van der Waals surface area contributed by atoms with Crippen LogP contribution in [-0.4, -0.2) is 67.6 Å². The second-order valence-corrected chi connectivity index (χ2v) is 9.59. The Morgan fingerprint density at radius 3 is 2.24 bits per heavy atom. The first-order valence-corrected chi connectivity index (χ1v) is 12.9. The molecule has 0 spiro atoms. The van der Waals surface area contributed by atoms with Gasteiger partial charge in [-0.1, -0.05) is 60.7 Å². The number of nitrogens with one attached hydrogen (secondary N) is 2. The SMILES string of the molecule is CCNC(=NCC1CCN(CCc2ccccc2)C1)NC1CCN(Cc2ccccc2)CC1. The first kappa shape index (κ1) is 23.8. The predicted octanol–water partition coefficient (Wildman–Crippen LogP) is 3.77. The van der Waals surface area contributed by atoms with E-state index in [4.69, 9.17) is 4.99 Å². The van der Waals surface area contributed by atoms with Crippen molar-refractivity contribution in [1.82, 2.24) is 20.4 Å². The van der Waals surface area contributed by atoms with Crippen LogP contribution in [0.4, 0.5) is 0 Å². The summed E-state index contributed by atoms with van der Waals surface area (Å²) >= 11 is 0. The summed E-state index contributed by atoms with van der Waals surface area (Å²) in [5.74, 6) is 1.67. The van der Waals surface area contributed by atoms with E-state index in [-0.39, 0.29) is 0 Å². The number of nitrogens with zero attached hydrogens (tertiary/aromatic N) is 3. The fourth-order valence-corrected chi connectivity index (χ4v) is 5.01. The molecule has 2 aliphatic heterocycles. The summed E-state index contributed by atoms with van der Waals surface area (Å²) in [6.07, 6.45) is 4.75. The summed E-state index contributed by atoms with van der Waals surface area (Å²) in [5.41, 5.74) is 2.85. The van der Waals surface area contributed by atoms with Crippen LogP contribution in [0.25, 0.3) is 0 Å². The Kier molecular flexibility index (Phi) is 9.19. The monoisotopic (exact) mass is 447 g/mol. The molecule has 4 rings (SSSR count). The minimum atomic E-state index is 0.515. The zero-order valence-corrected chi connectivity index (χ0v) is 20.3. The zero-order chi connectivity index (χ0) is 22.7. The lowest BCUT2D eigenvalue weighted by atomic mass is 10.0. The van der Waals surface area contributed by atoms with Gasteiger partial charge in [-0.05, 0) is 56.2 Å².